The number of benzene rings is 1. The van der Waals surface area contributed by atoms with Gasteiger partial charge in [0, 0.05) is 31.2 Å². The van der Waals surface area contributed by atoms with Crippen molar-refractivity contribution in [3.63, 3.8) is 0 Å². The number of piperazine rings is 1. The maximum atomic E-state index is 12.7. The molecular formula is C20H18N4O3S. The number of carbonyl (C=O) groups excluding carboxylic acids is 2. The quantitative estimate of drug-likeness (QED) is 0.489. The second-order valence-corrected chi connectivity index (χ2v) is 7.14. The van der Waals surface area contributed by atoms with Gasteiger partial charge in [0.25, 0.3) is 5.91 Å². The van der Waals surface area contributed by atoms with E-state index in [2.05, 4.69) is 9.97 Å². The number of furan rings is 1. The summed E-state index contributed by atoms with van der Waals surface area (Å²) < 4.78 is 5.67. The molecule has 0 N–H and O–H groups in total. The first-order valence-electron chi connectivity index (χ1n) is 8.84. The van der Waals surface area contributed by atoms with Gasteiger partial charge in [-0.15, -0.1) is 0 Å². The molecule has 7 nitrogen and oxygen atoms in total. The third-order valence-corrected chi connectivity index (χ3v) is 5.23. The standard InChI is InChI=1S/C20H18N4O3S/c25-18-13-23(11-12-24(18)15-5-2-1-3-6-15)19(26)17-8-7-16(27-17)14-28-20-21-9-4-10-22-20/h1-10H,11-14H2. The Morgan fingerprint density at radius 2 is 1.82 bits per heavy atom. The van der Waals surface area contributed by atoms with Gasteiger partial charge >= 0.3 is 0 Å². The summed E-state index contributed by atoms with van der Waals surface area (Å²) in [6.45, 7) is 0.960. The number of nitrogens with zero attached hydrogens (tertiary/aromatic N) is 4. The van der Waals surface area contributed by atoms with Gasteiger partial charge in [0.1, 0.15) is 12.3 Å². The number of aromatic nitrogens is 2. The molecule has 0 bridgehead atoms. The van der Waals surface area contributed by atoms with Crippen LogP contribution in [0.15, 0.2) is 70.5 Å². The Labute approximate surface area is 166 Å². The minimum Gasteiger partial charge on any atom is -0.455 e. The fraction of sp³-hybridized carbons (Fsp3) is 0.200. The lowest BCUT2D eigenvalue weighted by Gasteiger charge is -2.33. The molecule has 1 aromatic carbocycles. The molecular weight excluding hydrogens is 376 g/mol. The van der Waals surface area contributed by atoms with E-state index in [1.807, 2.05) is 30.3 Å². The van der Waals surface area contributed by atoms with E-state index >= 15 is 0 Å². The Kier molecular flexibility index (Phi) is 5.38. The number of rotatable bonds is 5. The molecule has 0 aliphatic carbocycles. The van der Waals surface area contributed by atoms with E-state index in [0.29, 0.717) is 29.8 Å². The molecule has 2 amide bonds. The number of anilines is 1. The Morgan fingerprint density at radius 1 is 1.04 bits per heavy atom. The summed E-state index contributed by atoms with van der Waals surface area (Å²) in [4.78, 5) is 36.7. The molecule has 3 heterocycles. The molecule has 3 aromatic rings. The largest absolute Gasteiger partial charge is 0.455 e. The van der Waals surface area contributed by atoms with Crippen molar-refractivity contribution in [1.82, 2.24) is 14.9 Å². The topological polar surface area (TPSA) is 79.5 Å². The Bertz CT molecular complexity index is 962. The van der Waals surface area contributed by atoms with Gasteiger partial charge in [0.2, 0.25) is 5.91 Å². The third kappa shape index (κ3) is 4.07. The highest BCUT2D eigenvalue weighted by Crippen LogP contribution is 2.22. The van der Waals surface area contributed by atoms with Gasteiger partial charge in [-0.25, -0.2) is 9.97 Å². The molecule has 4 rings (SSSR count). The van der Waals surface area contributed by atoms with Crippen molar-refractivity contribution >= 4 is 29.3 Å². The van der Waals surface area contributed by atoms with Gasteiger partial charge < -0.3 is 14.2 Å². The molecule has 0 atom stereocenters. The zero-order valence-corrected chi connectivity index (χ0v) is 15.8. The van der Waals surface area contributed by atoms with Gasteiger partial charge in [-0.3, -0.25) is 9.59 Å². The van der Waals surface area contributed by atoms with Gasteiger partial charge in [0.15, 0.2) is 10.9 Å². The van der Waals surface area contributed by atoms with Crippen molar-refractivity contribution in [3.05, 3.63) is 72.4 Å². The van der Waals surface area contributed by atoms with Crippen LogP contribution >= 0.6 is 11.8 Å². The second-order valence-electron chi connectivity index (χ2n) is 6.19. The predicted octanol–water partition coefficient (Wildman–Crippen LogP) is 2.85. The maximum absolute atomic E-state index is 12.7. The van der Waals surface area contributed by atoms with Crippen LogP contribution in [0.25, 0.3) is 0 Å². The maximum Gasteiger partial charge on any atom is 0.290 e. The minimum absolute atomic E-state index is 0.0381. The van der Waals surface area contributed by atoms with Crippen LogP contribution in [-0.4, -0.2) is 46.3 Å². The molecule has 8 heteroatoms. The number of amides is 2. The van der Waals surface area contributed by atoms with Gasteiger partial charge in [0.05, 0.1) is 5.75 Å². The highest BCUT2D eigenvalue weighted by atomic mass is 32.2. The summed E-state index contributed by atoms with van der Waals surface area (Å²) in [5, 5.41) is 0.648. The van der Waals surface area contributed by atoms with Crippen molar-refractivity contribution in [2.45, 2.75) is 10.9 Å². The molecule has 2 aromatic heterocycles. The van der Waals surface area contributed by atoms with Crippen LogP contribution in [0.2, 0.25) is 0 Å². The second kappa shape index (κ2) is 8.26. The molecule has 0 radical (unpaired) electrons. The van der Waals surface area contributed by atoms with Crippen LogP contribution in [0.1, 0.15) is 16.3 Å². The van der Waals surface area contributed by atoms with Gasteiger partial charge in [-0.2, -0.15) is 0 Å². The number of carbonyl (C=O) groups is 2. The monoisotopic (exact) mass is 394 g/mol. The summed E-state index contributed by atoms with van der Waals surface area (Å²) in [5.41, 5.74) is 0.847. The zero-order valence-electron chi connectivity index (χ0n) is 15.0. The zero-order chi connectivity index (χ0) is 19.3. The van der Waals surface area contributed by atoms with E-state index in [4.69, 9.17) is 4.42 Å². The number of para-hydroxylation sites is 1. The van der Waals surface area contributed by atoms with Crippen LogP contribution < -0.4 is 4.90 Å². The lowest BCUT2D eigenvalue weighted by Crippen LogP contribution is -2.52. The van der Waals surface area contributed by atoms with E-state index < -0.39 is 0 Å². The van der Waals surface area contributed by atoms with Crippen molar-refractivity contribution < 1.29 is 14.0 Å². The van der Waals surface area contributed by atoms with Gasteiger partial charge in [-0.05, 0) is 30.3 Å². The first-order chi connectivity index (χ1) is 13.7. The fourth-order valence-corrected chi connectivity index (χ4v) is 3.65. The molecule has 1 aliphatic heterocycles. The molecule has 28 heavy (non-hydrogen) atoms. The van der Waals surface area contributed by atoms with Crippen molar-refractivity contribution in [3.8, 4) is 0 Å². The smallest absolute Gasteiger partial charge is 0.290 e. The van der Waals surface area contributed by atoms with E-state index in [9.17, 15) is 9.59 Å². The Morgan fingerprint density at radius 3 is 2.57 bits per heavy atom. The number of thioether (sulfide) groups is 1. The molecule has 0 unspecified atom stereocenters. The third-order valence-electron chi connectivity index (χ3n) is 4.33. The SMILES string of the molecule is O=C(c1ccc(CSc2ncccn2)o1)N1CCN(c2ccccc2)C(=O)C1. The lowest BCUT2D eigenvalue weighted by atomic mass is 10.2. The van der Waals surface area contributed by atoms with E-state index in [1.54, 1.807) is 35.5 Å². The Balaban J connectivity index is 1.36. The van der Waals surface area contributed by atoms with Crippen LogP contribution in [-0.2, 0) is 10.5 Å². The number of hydrogen-bond acceptors (Lipinski definition) is 6. The lowest BCUT2D eigenvalue weighted by molar-refractivity contribution is -0.120. The van der Waals surface area contributed by atoms with Crippen molar-refractivity contribution in [2.75, 3.05) is 24.5 Å². The fourth-order valence-electron chi connectivity index (χ4n) is 2.95. The molecule has 1 fully saturated rings. The Hall–Kier alpha value is -3.13. The highest BCUT2D eigenvalue weighted by molar-refractivity contribution is 7.98. The van der Waals surface area contributed by atoms with Crippen molar-refractivity contribution in [1.29, 1.82) is 0 Å². The van der Waals surface area contributed by atoms with E-state index in [1.165, 1.54) is 16.7 Å². The van der Waals surface area contributed by atoms with Crippen molar-refractivity contribution in [2.24, 2.45) is 0 Å². The van der Waals surface area contributed by atoms with Crippen LogP contribution in [0, 0.1) is 0 Å². The first kappa shape index (κ1) is 18.2. The normalized spacial score (nSPS) is 14.4. The summed E-state index contributed by atoms with van der Waals surface area (Å²) >= 11 is 1.43. The molecule has 1 saturated heterocycles. The highest BCUT2D eigenvalue weighted by Gasteiger charge is 2.29. The first-order valence-corrected chi connectivity index (χ1v) is 9.82. The van der Waals surface area contributed by atoms with Gasteiger partial charge in [-0.1, -0.05) is 30.0 Å². The molecule has 1 aliphatic rings. The molecule has 0 saturated carbocycles. The molecule has 0 spiro atoms. The van der Waals surface area contributed by atoms with E-state index in [0.717, 1.165) is 5.69 Å². The minimum atomic E-state index is -0.270. The predicted molar refractivity (Wildman–Crippen MR) is 105 cm³/mol. The van der Waals surface area contributed by atoms with E-state index in [-0.39, 0.29) is 24.1 Å². The average molecular weight is 394 g/mol. The summed E-state index contributed by atoms with van der Waals surface area (Å²) in [6.07, 6.45) is 3.36. The summed E-state index contributed by atoms with van der Waals surface area (Å²) in [6, 6.07) is 14.6. The van der Waals surface area contributed by atoms with Crippen LogP contribution in [0.5, 0.6) is 0 Å². The summed E-state index contributed by atoms with van der Waals surface area (Å²) in [5.74, 6) is 1.06. The van der Waals surface area contributed by atoms with Crippen LogP contribution in [0.4, 0.5) is 5.69 Å². The average Bonchev–Trinajstić information content (AvgIpc) is 3.22. The number of hydrogen-bond donors (Lipinski definition) is 0. The summed E-state index contributed by atoms with van der Waals surface area (Å²) in [7, 11) is 0. The molecule has 142 valence electrons. The van der Waals surface area contributed by atoms with Crippen LogP contribution in [0.3, 0.4) is 0 Å².